The zero-order valence-electron chi connectivity index (χ0n) is 15.9. The Balaban J connectivity index is 1.85. The Morgan fingerprint density at radius 3 is 2.65 bits per heavy atom. The summed E-state index contributed by atoms with van der Waals surface area (Å²) >= 11 is 0. The summed E-state index contributed by atoms with van der Waals surface area (Å²) in [7, 11) is 5.10. The van der Waals surface area contributed by atoms with Gasteiger partial charge < -0.3 is 24.6 Å². The van der Waals surface area contributed by atoms with E-state index in [9.17, 15) is 9.59 Å². The molecule has 144 valence electrons. The number of hydrogen-bond donors (Lipinski definition) is 1. The molecule has 0 spiro atoms. The van der Waals surface area contributed by atoms with E-state index in [4.69, 9.17) is 9.47 Å². The van der Waals surface area contributed by atoms with E-state index in [1.807, 2.05) is 29.2 Å². The summed E-state index contributed by atoms with van der Waals surface area (Å²) in [6, 6.07) is 7.59. The van der Waals surface area contributed by atoms with Crippen LogP contribution in [-0.2, 0) is 16.0 Å². The number of nitrogens with one attached hydrogen (secondary N) is 1. The lowest BCUT2D eigenvalue weighted by atomic mass is 10.1. The van der Waals surface area contributed by atoms with Gasteiger partial charge in [-0.25, -0.2) is 4.79 Å². The minimum Gasteiger partial charge on any atom is -0.497 e. The Labute approximate surface area is 155 Å². The molecule has 0 aliphatic carbocycles. The molecule has 0 bridgehead atoms. The number of benzene rings is 1. The van der Waals surface area contributed by atoms with Crippen molar-refractivity contribution < 1.29 is 19.1 Å². The molecule has 1 N–H and O–H groups in total. The van der Waals surface area contributed by atoms with Crippen molar-refractivity contribution in [1.29, 1.82) is 0 Å². The summed E-state index contributed by atoms with van der Waals surface area (Å²) in [5.74, 6) is 0.667. The zero-order chi connectivity index (χ0) is 18.9. The summed E-state index contributed by atoms with van der Waals surface area (Å²) in [6.45, 7) is 2.26. The van der Waals surface area contributed by atoms with Crippen LogP contribution in [0.3, 0.4) is 0 Å². The number of nitrogens with zero attached hydrogens (tertiary/aromatic N) is 2. The fraction of sp³-hybridized carbons (Fsp3) is 0.579. The maximum absolute atomic E-state index is 12.5. The first-order valence-corrected chi connectivity index (χ1v) is 8.96. The van der Waals surface area contributed by atoms with Gasteiger partial charge in [0.15, 0.2) is 0 Å². The number of carbonyl (C=O) groups excluding carboxylic acids is 2. The van der Waals surface area contributed by atoms with E-state index in [0.29, 0.717) is 26.3 Å². The second kappa shape index (κ2) is 10.0. The van der Waals surface area contributed by atoms with Crippen LogP contribution in [0.4, 0.5) is 4.79 Å². The molecule has 0 aromatic heterocycles. The van der Waals surface area contributed by atoms with Gasteiger partial charge >= 0.3 is 6.03 Å². The van der Waals surface area contributed by atoms with Crippen molar-refractivity contribution in [3.05, 3.63) is 29.8 Å². The van der Waals surface area contributed by atoms with E-state index in [-0.39, 0.29) is 24.4 Å². The van der Waals surface area contributed by atoms with Gasteiger partial charge in [-0.3, -0.25) is 4.79 Å². The molecule has 2 rings (SSSR count). The molecule has 0 saturated carbocycles. The molecule has 1 saturated heterocycles. The second-order valence-electron chi connectivity index (χ2n) is 6.59. The summed E-state index contributed by atoms with van der Waals surface area (Å²) < 4.78 is 10.6. The van der Waals surface area contributed by atoms with Crippen LogP contribution in [0, 0.1) is 0 Å². The van der Waals surface area contributed by atoms with E-state index in [1.165, 1.54) is 0 Å². The number of ether oxygens (including phenoxy) is 2. The molecule has 0 unspecified atom stereocenters. The van der Waals surface area contributed by atoms with Crippen LogP contribution in [0.1, 0.15) is 18.4 Å². The first-order chi connectivity index (χ1) is 12.5. The molecule has 1 aromatic carbocycles. The molecule has 1 aromatic rings. The highest BCUT2D eigenvalue weighted by Crippen LogP contribution is 2.16. The Morgan fingerprint density at radius 2 is 2.00 bits per heavy atom. The van der Waals surface area contributed by atoms with Crippen LogP contribution in [0.2, 0.25) is 0 Å². The SMILES string of the molecule is COc1cccc(CC(=O)NCCN(C(=O)N(C)C)C2CCOCC2)c1. The number of urea groups is 1. The first-order valence-electron chi connectivity index (χ1n) is 8.96. The normalized spacial score (nSPS) is 14.6. The van der Waals surface area contributed by atoms with Crippen molar-refractivity contribution in [3.8, 4) is 5.75 Å². The molecule has 3 amide bonds. The zero-order valence-corrected chi connectivity index (χ0v) is 15.9. The van der Waals surface area contributed by atoms with Crippen molar-refractivity contribution in [3.63, 3.8) is 0 Å². The quantitative estimate of drug-likeness (QED) is 0.797. The fourth-order valence-electron chi connectivity index (χ4n) is 3.03. The second-order valence-corrected chi connectivity index (χ2v) is 6.59. The lowest BCUT2D eigenvalue weighted by Gasteiger charge is -2.36. The minimum atomic E-state index is -0.0671. The number of amides is 3. The van der Waals surface area contributed by atoms with Crippen LogP contribution in [-0.4, -0.2) is 75.3 Å². The van der Waals surface area contributed by atoms with Gasteiger partial charge in [0.05, 0.1) is 13.5 Å². The molecule has 1 heterocycles. The van der Waals surface area contributed by atoms with Gasteiger partial charge in [0, 0.05) is 46.4 Å². The van der Waals surface area contributed by atoms with Gasteiger partial charge in [-0.05, 0) is 30.5 Å². The van der Waals surface area contributed by atoms with E-state index in [2.05, 4.69) is 5.32 Å². The Bertz CT molecular complexity index is 600. The molecular weight excluding hydrogens is 334 g/mol. The predicted molar refractivity (Wildman–Crippen MR) is 99.3 cm³/mol. The smallest absolute Gasteiger partial charge is 0.319 e. The highest BCUT2D eigenvalue weighted by Gasteiger charge is 2.26. The van der Waals surface area contributed by atoms with Gasteiger partial charge in [0.1, 0.15) is 5.75 Å². The standard InChI is InChI=1S/C19H29N3O4/c1-21(2)19(24)22(16-7-11-26-12-8-16)10-9-20-18(23)14-15-5-4-6-17(13-15)25-3/h4-6,13,16H,7-12,14H2,1-3H3,(H,20,23). The number of methoxy groups -OCH3 is 1. The van der Waals surface area contributed by atoms with Crippen LogP contribution >= 0.6 is 0 Å². The van der Waals surface area contributed by atoms with Gasteiger partial charge in [-0.2, -0.15) is 0 Å². The number of rotatable bonds is 7. The van der Waals surface area contributed by atoms with E-state index in [0.717, 1.165) is 24.2 Å². The summed E-state index contributed by atoms with van der Waals surface area (Å²) in [4.78, 5) is 28.1. The van der Waals surface area contributed by atoms with Crippen LogP contribution in [0.5, 0.6) is 5.75 Å². The average Bonchev–Trinajstić information content (AvgIpc) is 2.65. The highest BCUT2D eigenvalue weighted by atomic mass is 16.5. The predicted octanol–water partition coefficient (Wildman–Crippen LogP) is 1.52. The van der Waals surface area contributed by atoms with Crippen molar-refractivity contribution in [1.82, 2.24) is 15.1 Å². The molecule has 7 nitrogen and oxygen atoms in total. The molecule has 1 fully saturated rings. The Morgan fingerprint density at radius 1 is 1.27 bits per heavy atom. The first kappa shape index (κ1) is 20.0. The van der Waals surface area contributed by atoms with Crippen LogP contribution < -0.4 is 10.1 Å². The van der Waals surface area contributed by atoms with E-state index >= 15 is 0 Å². The van der Waals surface area contributed by atoms with Crippen molar-refractivity contribution in [2.24, 2.45) is 0 Å². The van der Waals surface area contributed by atoms with Gasteiger partial charge in [-0.1, -0.05) is 12.1 Å². The molecular formula is C19H29N3O4. The molecule has 26 heavy (non-hydrogen) atoms. The van der Waals surface area contributed by atoms with Crippen LogP contribution in [0.15, 0.2) is 24.3 Å². The third-order valence-electron chi connectivity index (χ3n) is 4.43. The van der Waals surface area contributed by atoms with Crippen molar-refractivity contribution in [2.75, 3.05) is 47.5 Å². The molecule has 1 aliphatic rings. The topological polar surface area (TPSA) is 71.1 Å². The molecule has 1 aliphatic heterocycles. The lowest BCUT2D eigenvalue weighted by Crippen LogP contribution is -2.50. The van der Waals surface area contributed by atoms with Gasteiger partial charge in [0.2, 0.25) is 5.91 Å². The summed E-state index contributed by atoms with van der Waals surface area (Å²) in [5, 5.41) is 2.91. The molecule has 0 atom stereocenters. The fourth-order valence-corrected chi connectivity index (χ4v) is 3.03. The van der Waals surface area contributed by atoms with E-state index < -0.39 is 0 Å². The Kier molecular flexibility index (Phi) is 7.72. The number of carbonyl (C=O) groups is 2. The Hall–Kier alpha value is -2.28. The highest BCUT2D eigenvalue weighted by molar-refractivity contribution is 5.79. The summed E-state index contributed by atoms with van der Waals surface area (Å²) in [5.41, 5.74) is 0.896. The monoisotopic (exact) mass is 363 g/mol. The largest absolute Gasteiger partial charge is 0.497 e. The maximum atomic E-state index is 12.5. The lowest BCUT2D eigenvalue weighted by molar-refractivity contribution is -0.120. The van der Waals surface area contributed by atoms with Crippen LogP contribution in [0.25, 0.3) is 0 Å². The van der Waals surface area contributed by atoms with E-state index in [1.54, 1.807) is 26.1 Å². The third-order valence-corrected chi connectivity index (χ3v) is 4.43. The van der Waals surface area contributed by atoms with Crippen molar-refractivity contribution >= 4 is 11.9 Å². The minimum absolute atomic E-state index is 0.0288. The van der Waals surface area contributed by atoms with Gasteiger partial charge in [0.25, 0.3) is 0 Å². The molecule has 7 heteroatoms. The van der Waals surface area contributed by atoms with Crippen molar-refractivity contribution in [2.45, 2.75) is 25.3 Å². The third kappa shape index (κ3) is 5.91. The average molecular weight is 363 g/mol. The number of hydrogen-bond acceptors (Lipinski definition) is 4. The summed E-state index contributed by atoms with van der Waals surface area (Å²) in [6.07, 6.45) is 1.95. The maximum Gasteiger partial charge on any atom is 0.319 e. The van der Waals surface area contributed by atoms with Gasteiger partial charge in [-0.15, -0.1) is 0 Å². The molecule has 0 radical (unpaired) electrons.